The quantitative estimate of drug-likeness (QED) is 0.600. The van der Waals surface area contributed by atoms with Crippen LogP contribution < -0.4 is 5.32 Å². The zero-order valence-corrected chi connectivity index (χ0v) is 14.7. The van der Waals surface area contributed by atoms with Crippen LogP contribution in [-0.2, 0) is 18.3 Å². The van der Waals surface area contributed by atoms with Crippen molar-refractivity contribution in [1.29, 1.82) is 0 Å². The first-order chi connectivity index (χ1) is 11.5. The third-order valence-electron chi connectivity index (χ3n) is 3.55. The van der Waals surface area contributed by atoms with Gasteiger partial charge in [-0.25, -0.2) is 4.79 Å². The van der Waals surface area contributed by atoms with Crippen LogP contribution in [0, 0.1) is 0 Å². The molecule has 1 N–H and O–H groups in total. The van der Waals surface area contributed by atoms with Gasteiger partial charge in [-0.3, -0.25) is 4.57 Å². The molecule has 24 heavy (non-hydrogen) atoms. The summed E-state index contributed by atoms with van der Waals surface area (Å²) in [4.78, 5) is 11.5. The van der Waals surface area contributed by atoms with Crippen LogP contribution in [0.5, 0.6) is 0 Å². The van der Waals surface area contributed by atoms with E-state index in [-0.39, 0.29) is 0 Å². The molecular weight excluding hydrogens is 329 g/mol. The van der Waals surface area contributed by atoms with Crippen molar-refractivity contribution in [3.8, 4) is 0 Å². The Labute approximate surface area is 141 Å². The molecule has 2 aromatic carbocycles. The van der Waals surface area contributed by atoms with E-state index in [1.807, 2.05) is 30.3 Å². The van der Waals surface area contributed by atoms with Crippen molar-refractivity contribution in [2.24, 2.45) is 0 Å². The summed E-state index contributed by atoms with van der Waals surface area (Å²) < 4.78 is 27.9. The molecule has 1 unspecified atom stereocenters. The van der Waals surface area contributed by atoms with Gasteiger partial charge in [-0.1, -0.05) is 30.3 Å². The second kappa shape index (κ2) is 8.11. The van der Waals surface area contributed by atoms with E-state index in [1.54, 1.807) is 24.3 Å². The maximum Gasteiger partial charge on any atom is 0.356 e. The van der Waals surface area contributed by atoms with Gasteiger partial charge in [0.05, 0.1) is 12.7 Å². The molecule has 0 aliphatic carbocycles. The van der Waals surface area contributed by atoms with Crippen molar-refractivity contribution in [3.63, 3.8) is 0 Å². The van der Waals surface area contributed by atoms with Gasteiger partial charge >= 0.3 is 13.6 Å². The fourth-order valence-electron chi connectivity index (χ4n) is 2.24. The van der Waals surface area contributed by atoms with Gasteiger partial charge in [-0.2, -0.15) is 0 Å². The molecule has 0 bridgehead atoms. The van der Waals surface area contributed by atoms with Crippen molar-refractivity contribution in [1.82, 2.24) is 0 Å². The van der Waals surface area contributed by atoms with Crippen molar-refractivity contribution in [2.45, 2.75) is 5.78 Å². The van der Waals surface area contributed by atoms with E-state index in [2.05, 4.69) is 10.1 Å². The molecule has 0 saturated heterocycles. The molecule has 6 nitrogen and oxygen atoms in total. The van der Waals surface area contributed by atoms with E-state index >= 15 is 0 Å². The molecule has 2 rings (SSSR count). The fraction of sp³-hybridized carbons (Fsp3) is 0.235. The van der Waals surface area contributed by atoms with Crippen LogP contribution in [0.3, 0.4) is 0 Å². The Morgan fingerprint density at radius 2 is 1.54 bits per heavy atom. The number of carbonyl (C=O) groups excluding carboxylic acids is 1. The third-order valence-corrected chi connectivity index (χ3v) is 5.63. The van der Waals surface area contributed by atoms with Crippen LogP contribution in [0.2, 0.25) is 0 Å². The highest BCUT2D eigenvalue weighted by molar-refractivity contribution is 7.54. The number of carbonyl (C=O) groups is 1. The molecule has 0 aliphatic rings. The number of methoxy groups -OCH3 is 1. The smallest absolute Gasteiger partial charge is 0.356 e. The SMILES string of the molecule is COC(=O)c1ccc(NC(c2ccccc2)P(=O)(OC)OC)cc1. The lowest BCUT2D eigenvalue weighted by molar-refractivity contribution is 0.0600. The summed E-state index contributed by atoms with van der Waals surface area (Å²) in [6.45, 7) is 0. The molecule has 0 heterocycles. The summed E-state index contributed by atoms with van der Waals surface area (Å²) in [6, 6.07) is 15.9. The second-order valence-electron chi connectivity index (χ2n) is 4.93. The lowest BCUT2D eigenvalue weighted by atomic mass is 10.2. The van der Waals surface area contributed by atoms with Crippen molar-refractivity contribution < 1.29 is 23.1 Å². The topological polar surface area (TPSA) is 73.9 Å². The van der Waals surface area contributed by atoms with Crippen molar-refractivity contribution in [2.75, 3.05) is 26.6 Å². The molecule has 0 spiro atoms. The van der Waals surface area contributed by atoms with Gasteiger partial charge in [0.25, 0.3) is 0 Å². The van der Waals surface area contributed by atoms with E-state index in [1.165, 1.54) is 21.3 Å². The Bertz CT molecular complexity index is 710. The molecular formula is C17H20NO5P. The van der Waals surface area contributed by atoms with Crippen molar-refractivity contribution in [3.05, 3.63) is 65.7 Å². The summed E-state index contributed by atoms with van der Waals surface area (Å²) in [6.07, 6.45) is 0. The highest BCUT2D eigenvalue weighted by Crippen LogP contribution is 2.59. The van der Waals surface area contributed by atoms with Crippen molar-refractivity contribution >= 4 is 19.3 Å². The van der Waals surface area contributed by atoms with Gasteiger partial charge in [-0.05, 0) is 29.8 Å². The summed E-state index contributed by atoms with van der Waals surface area (Å²) in [5, 5.41) is 3.16. The number of hydrogen-bond donors (Lipinski definition) is 1. The van der Waals surface area contributed by atoms with Crippen LogP contribution in [0.4, 0.5) is 5.69 Å². The average Bonchev–Trinajstić information content (AvgIpc) is 2.66. The van der Waals surface area contributed by atoms with Gasteiger partial charge < -0.3 is 19.1 Å². The van der Waals surface area contributed by atoms with E-state index in [0.717, 1.165) is 5.56 Å². The Kier molecular flexibility index (Phi) is 6.15. The Balaban J connectivity index is 2.32. The molecule has 0 fully saturated rings. The highest BCUT2D eigenvalue weighted by Gasteiger charge is 2.35. The lowest BCUT2D eigenvalue weighted by Crippen LogP contribution is -2.13. The van der Waals surface area contributed by atoms with Crippen LogP contribution in [0.25, 0.3) is 0 Å². The Morgan fingerprint density at radius 1 is 0.958 bits per heavy atom. The standard InChI is InChI=1S/C17H20NO5P/c1-21-17(19)14-9-11-15(12-10-14)18-16(24(20,22-2)23-3)13-7-5-4-6-8-13/h4-12,16,18H,1-3H3. The first-order valence-electron chi connectivity index (χ1n) is 7.25. The predicted molar refractivity (Wildman–Crippen MR) is 92.2 cm³/mol. The van der Waals surface area contributed by atoms with Gasteiger partial charge in [0.2, 0.25) is 0 Å². The molecule has 0 aromatic heterocycles. The maximum atomic E-state index is 12.9. The van der Waals surface area contributed by atoms with Gasteiger partial charge in [-0.15, -0.1) is 0 Å². The van der Waals surface area contributed by atoms with E-state index < -0.39 is 19.3 Å². The Hall–Kier alpha value is -2.14. The first kappa shape index (κ1) is 18.2. The molecule has 1 atom stereocenters. The number of hydrogen-bond acceptors (Lipinski definition) is 6. The summed E-state index contributed by atoms with van der Waals surface area (Å²) in [7, 11) is 0.608. The van der Waals surface area contributed by atoms with Gasteiger partial charge in [0.1, 0.15) is 0 Å². The normalized spacial score (nSPS) is 12.5. The number of anilines is 1. The molecule has 0 aliphatic heterocycles. The van der Waals surface area contributed by atoms with E-state index in [0.29, 0.717) is 11.3 Å². The maximum absolute atomic E-state index is 12.9. The number of benzene rings is 2. The van der Waals surface area contributed by atoms with Crippen LogP contribution >= 0.6 is 7.60 Å². The monoisotopic (exact) mass is 349 g/mol. The minimum atomic E-state index is -3.42. The van der Waals surface area contributed by atoms with Crippen LogP contribution in [0.15, 0.2) is 54.6 Å². The summed E-state index contributed by atoms with van der Waals surface area (Å²) in [5.41, 5.74) is 1.87. The van der Waals surface area contributed by atoms with Crippen LogP contribution in [-0.4, -0.2) is 27.3 Å². The third kappa shape index (κ3) is 4.03. The number of esters is 1. The number of ether oxygens (including phenoxy) is 1. The molecule has 7 heteroatoms. The first-order valence-corrected chi connectivity index (χ1v) is 8.86. The number of rotatable bonds is 7. The minimum Gasteiger partial charge on any atom is -0.465 e. The zero-order valence-electron chi connectivity index (χ0n) is 13.8. The van der Waals surface area contributed by atoms with Gasteiger partial charge in [0, 0.05) is 19.9 Å². The largest absolute Gasteiger partial charge is 0.465 e. The lowest BCUT2D eigenvalue weighted by Gasteiger charge is -2.26. The van der Waals surface area contributed by atoms with Crippen LogP contribution in [0.1, 0.15) is 21.7 Å². The summed E-state index contributed by atoms with van der Waals surface area (Å²) >= 11 is 0. The fourth-order valence-corrected chi connectivity index (χ4v) is 3.66. The highest BCUT2D eigenvalue weighted by atomic mass is 31.2. The predicted octanol–water partition coefficient (Wildman–Crippen LogP) is 4.07. The van der Waals surface area contributed by atoms with Gasteiger partial charge in [0.15, 0.2) is 5.78 Å². The zero-order chi connectivity index (χ0) is 17.6. The number of nitrogens with one attached hydrogen (secondary N) is 1. The van der Waals surface area contributed by atoms with E-state index in [9.17, 15) is 9.36 Å². The molecule has 128 valence electrons. The molecule has 0 amide bonds. The Morgan fingerprint density at radius 3 is 2.04 bits per heavy atom. The van der Waals surface area contributed by atoms with E-state index in [4.69, 9.17) is 9.05 Å². The molecule has 0 saturated carbocycles. The molecule has 2 aromatic rings. The summed E-state index contributed by atoms with van der Waals surface area (Å²) in [5.74, 6) is -1.10. The minimum absolute atomic E-state index is 0.416. The average molecular weight is 349 g/mol. The molecule has 0 radical (unpaired) electrons. The second-order valence-corrected chi connectivity index (χ2v) is 7.26.